The summed E-state index contributed by atoms with van der Waals surface area (Å²) in [6.45, 7) is 3.55. The van der Waals surface area contributed by atoms with Gasteiger partial charge in [-0.3, -0.25) is 0 Å². The van der Waals surface area contributed by atoms with Crippen LogP contribution in [0.25, 0.3) is 0 Å². The van der Waals surface area contributed by atoms with E-state index in [1.54, 1.807) is 4.31 Å². The lowest BCUT2D eigenvalue weighted by molar-refractivity contribution is 0.287. The van der Waals surface area contributed by atoms with Crippen molar-refractivity contribution in [2.75, 3.05) is 19.6 Å². The average molecular weight is 291 g/mol. The zero-order chi connectivity index (χ0) is 14.1. The number of nitrogens with zero attached hydrogens (tertiary/aromatic N) is 1. The van der Waals surface area contributed by atoms with Gasteiger partial charge in [0.15, 0.2) is 0 Å². The molecule has 114 valence electrons. The van der Waals surface area contributed by atoms with Crippen molar-refractivity contribution < 1.29 is 8.42 Å². The maximum atomic E-state index is 12.4. The molecular weight excluding hydrogens is 262 g/mol. The van der Waals surface area contributed by atoms with Crippen LogP contribution in [0.2, 0.25) is 0 Å². The van der Waals surface area contributed by atoms with Crippen LogP contribution in [-0.4, -0.2) is 38.4 Å². The summed E-state index contributed by atoms with van der Waals surface area (Å²) < 4.78 is 29.1. The highest BCUT2D eigenvalue weighted by Gasteiger charge is 2.29. The van der Waals surface area contributed by atoms with Gasteiger partial charge in [-0.1, -0.05) is 32.6 Å². The average Bonchev–Trinajstić information content (AvgIpc) is 2.66. The van der Waals surface area contributed by atoms with E-state index >= 15 is 0 Å². The second-order valence-corrected chi connectivity index (χ2v) is 7.01. The Morgan fingerprint density at radius 1 is 1.21 bits per heavy atom. The molecule has 6 heteroatoms. The smallest absolute Gasteiger partial charge is 0.279 e. The Morgan fingerprint density at radius 2 is 1.84 bits per heavy atom. The predicted octanol–water partition coefficient (Wildman–Crippen LogP) is 1.60. The van der Waals surface area contributed by atoms with Crippen molar-refractivity contribution in [2.24, 2.45) is 5.73 Å². The molecule has 1 saturated carbocycles. The summed E-state index contributed by atoms with van der Waals surface area (Å²) in [4.78, 5) is 0. The first-order valence-corrected chi connectivity index (χ1v) is 9.02. The quantitative estimate of drug-likeness (QED) is 0.667. The van der Waals surface area contributed by atoms with E-state index in [0.717, 1.165) is 38.5 Å². The largest absolute Gasteiger partial charge is 0.330 e. The van der Waals surface area contributed by atoms with Gasteiger partial charge in [-0.15, -0.1) is 0 Å². The van der Waals surface area contributed by atoms with Crippen LogP contribution in [0.3, 0.4) is 0 Å². The van der Waals surface area contributed by atoms with E-state index in [-0.39, 0.29) is 6.04 Å². The fourth-order valence-electron chi connectivity index (χ4n) is 2.61. The second-order valence-electron chi connectivity index (χ2n) is 5.30. The van der Waals surface area contributed by atoms with Gasteiger partial charge in [-0.25, -0.2) is 4.72 Å². The lowest BCUT2D eigenvalue weighted by Gasteiger charge is -2.30. The van der Waals surface area contributed by atoms with E-state index in [2.05, 4.69) is 4.72 Å². The van der Waals surface area contributed by atoms with E-state index < -0.39 is 10.2 Å². The predicted molar refractivity (Wildman–Crippen MR) is 79.1 cm³/mol. The van der Waals surface area contributed by atoms with Crippen LogP contribution in [0.5, 0.6) is 0 Å². The number of hydrogen-bond acceptors (Lipinski definition) is 3. The summed E-state index contributed by atoms with van der Waals surface area (Å²) in [6.07, 6.45) is 8.22. The molecule has 1 fully saturated rings. The Kier molecular flexibility index (Phi) is 7.90. The van der Waals surface area contributed by atoms with Crippen molar-refractivity contribution in [2.45, 2.75) is 64.3 Å². The van der Waals surface area contributed by atoms with Crippen molar-refractivity contribution >= 4 is 10.2 Å². The van der Waals surface area contributed by atoms with Crippen molar-refractivity contribution in [3.63, 3.8) is 0 Å². The van der Waals surface area contributed by atoms with Crippen LogP contribution in [-0.2, 0) is 10.2 Å². The third kappa shape index (κ3) is 5.77. The molecule has 0 amide bonds. The number of rotatable bonds is 8. The van der Waals surface area contributed by atoms with Crippen LogP contribution in [0.15, 0.2) is 0 Å². The molecule has 0 radical (unpaired) electrons. The maximum Gasteiger partial charge on any atom is 0.279 e. The van der Waals surface area contributed by atoms with E-state index in [4.69, 9.17) is 5.73 Å². The van der Waals surface area contributed by atoms with Gasteiger partial charge in [0.1, 0.15) is 0 Å². The van der Waals surface area contributed by atoms with Crippen LogP contribution >= 0.6 is 0 Å². The molecule has 0 aliphatic heterocycles. The van der Waals surface area contributed by atoms with Crippen LogP contribution in [0, 0.1) is 0 Å². The molecule has 1 aliphatic rings. The molecule has 19 heavy (non-hydrogen) atoms. The first kappa shape index (κ1) is 16.9. The van der Waals surface area contributed by atoms with E-state index in [9.17, 15) is 8.42 Å². The number of nitrogens with one attached hydrogen (secondary N) is 1. The summed E-state index contributed by atoms with van der Waals surface area (Å²) in [5.74, 6) is 0. The molecule has 0 saturated heterocycles. The van der Waals surface area contributed by atoms with Gasteiger partial charge in [0.05, 0.1) is 0 Å². The minimum Gasteiger partial charge on any atom is -0.330 e. The highest BCUT2D eigenvalue weighted by atomic mass is 32.2. The molecule has 0 aromatic carbocycles. The zero-order valence-corrected chi connectivity index (χ0v) is 12.9. The van der Waals surface area contributed by atoms with Crippen molar-refractivity contribution in [3.8, 4) is 0 Å². The monoisotopic (exact) mass is 291 g/mol. The fraction of sp³-hybridized carbons (Fsp3) is 1.00. The highest BCUT2D eigenvalue weighted by molar-refractivity contribution is 7.87. The molecule has 0 spiro atoms. The summed E-state index contributed by atoms with van der Waals surface area (Å²) in [6, 6.07) is 0.156. The Labute approximate surface area is 118 Å². The van der Waals surface area contributed by atoms with Gasteiger partial charge in [-0.2, -0.15) is 12.7 Å². The third-order valence-electron chi connectivity index (χ3n) is 3.66. The zero-order valence-electron chi connectivity index (χ0n) is 12.1. The lowest BCUT2D eigenvalue weighted by atomic mass is 10.1. The minimum atomic E-state index is -3.34. The van der Waals surface area contributed by atoms with Crippen LogP contribution in [0.1, 0.15) is 58.3 Å². The fourth-order valence-corrected chi connectivity index (χ4v) is 4.21. The maximum absolute atomic E-state index is 12.4. The second kappa shape index (κ2) is 8.89. The topological polar surface area (TPSA) is 75.4 Å². The van der Waals surface area contributed by atoms with Crippen LogP contribution in [0.4, 0.5) is 0 Å². The first-order valence-electron chi connectivity index (χ1n) is 7.58. The molecule has 3 N–H and O–H groups in total. The Balaban J connectivity index is 2.73. The molecule has 5 nitrogen and oxygen atoms in total. The van der Waals surface area contributed by atoms with Gasteiger partial charge >= 0.3 is 0 Å². The van der Waals surface area contributed by atoms with Gasteiger partial charge < -0.3 is 5.73 Å². The summed E-state index contributed by atoms with van der Waals surface area (Å²) in [5.41, 5.74) is 5.54. The van der Waals surface area contributed by atoms with Crippen molar-refractivity contribution in [3.05, 3.63) is 0 Å². The molecule has 0 atom stereocenters. The van der Waals surface area contributed by atoms with E-state index in [1.807, 2.05) is 6.92 Å². The summed E-state index contributed by atoms with van der Waals surface area (Å²) >= 11 is 0. The minimum absolute atomic E-state index is 0.156. The first-order chi connectivity index (χ1) is 9.11. The SMILES string of the molecule is CCCNS(=O)(=O)N(CCCN)C1CCCCCC1. The highest BCUT2D eigenvalue weighted by Crippen LogP contribution is 2.23. The van der Waals surface area contributed by atoms with Gasteiger partial charge in [0, 0.05) is 19.1 Å². The summed E-state index contributed by atoms with van der Waals surface area (Å²) in [7, 11) is -3.34. The normalized spacial score (nSPS) is 18.7. The van der Waals surface area contributed by atoms with Crippen LogP contribution < -0.4 is 10.5 Å². The van der Waals surface area contributed by atoms with Crippen molar-refractivity contribution in [1.82, 2.24) is 9.03 Å². The molecule has 1 aliphatic carbocycles. The standard InChI is InChI=1S/C13H29N3O2S/c1-2-11-15-19(17,18)16(12-7-10-14)13-8-5-3-4-6-9-13/h13,15H,2-12,14H2,1H3. The molecule has 0 aromatic rings. The molecule has 1 rings (SSSR count). The summed E-state index contributed by atoms with van der Waals surface area (Å²) in [5, 5.41) is 0. The Hall–Kier alpha value is -0.170. The van der Waals surface area contributed by atoms with E-state index in [0.29, 0.717) is 19.6 Å². The molecular formula is C13H29N3O2S. The Morgan fingerprint density at radius 3 is 2.37 bits per heavy atom. The van der Waals surface area contributed by atoms with Gasteiger partial charge in [0.2, 0.25) is 0 Å². The van der Waals surface area contributed by atoms with E-state index in [1.165, 1.54) is 12.8 Å². The molecule has 0 aromatic heterocycles. The molecule has 0 heterocycles. The Bertz CT molecular complexity index is 325. The lowest BCUT2D eigenvalue weighted by Crippen LogP contribution is -2.47. The van der Waals surface area contributed by atoms with Gasteiger partial charge in [-0.05, 0) is 32.2 Å². The number of hydrogen-bond donors (Lipinski definition) is 2. The van der Waals surface area contributed by atoms with Gasteiger partial charge in [0.25, 0.3) is 10.2 Å². The van der Waals surface area contributed by atoms with Crippen molar-refractivity contribution in [1.29, 1.82) is 0 Å². The molecule has 0 unspecified atom stereocenters. The third-order valence-corrected chi connectivity index (χ3v) is 5.32. The molecule has 0 bridgehead atoms. The number of nitrogens with two attached hydrogens (primary N) is 1.